The van der Waals surface area contributed by atoms with Crippen molar-refractivity contribution >= 4 is 29.1 Å². The van der Waals surface area contributed by atoms with Gasteiger partial charge in [-0.05, 0) is 31.0 Å². The first-order valence-electron chi connectivity index (χ1n) is 11.3. The van der Waals surface area contributed by atoms with Crippen LogP contribution < -0.4 is 4.90 Å². The summed E-state index contributed by atoms with van der Waals surface area (Å²) >= 11 is 0. The molecule has 6 rings (SSSR count). The van der Waals surface area contributed by atoms with Crippen molar-refractivity contribution in [1.29, 1.82) is 0 Å². The van der Waals surface area contributed by atoms with Crippen LogP contribution >= 0.6 is 0 Å². The largest absolute Gasteiger partial charge is 0.352 e. The van der Waals surface area contributed by atoms with Gasteiger partial charge in [-0.15, -0.1) is 0 Å². The van der Waals surface area contributed by atoms with Gasteiger partial charge in [0.05, 0.1) is 12.1 Å². The van der Waals surface area contributed by atoms with Gasteiger partial charge < -0.3 is 4.90 Å². The second-order valence-corrected chi connectivity index (χ2v) is 9.29. The topological polar surface area (TPSA) is 54.5 Å². The summed E-state index contributed by atoms with van der Waals surface area (Å²) in [6.07, 6.45) is 3.94. The molecule has 1 fully saturated rings. The quantitative estimate of drug-likeness (QED) is 0.533. The number of fused-ring (bicyclic) bond motifs is 5. The molecule has 0 radical (unpaired) electrons. The van der Waals surface area contributed by atoms with Gasteiger partial charge in [-0.1, -0.05) is 84.4 Å². The Hall–Kier alpha value is -3.79. The Kier molecular flexibility index (Phi) is 4.12. The van der Waals surface area contributed by atoms with Gasteiger partial charge in [-0.2, -0.15) is 0 Å². The van der Waals surface area contributed by atoms with E-state index in [9.17, 15) is 14.4 Å². The van der Waals surface area contributed by atoms with Gasteiger partial charge >= 0.3 is 0 Å². The number of para-hydroxylation sites is 1. The highest BCUT2D eigenvalue weighted by atomic mass is 16.2. The van der Waals surface area contributed by atoms with Crippen LogP contribution in [0.5, 0.6) is 0 Å². The van der Waals surface area contributed by atoms with Crippen LogP contribution in [0.4, 0.5) is 5.69 Å². The maximum Gasteiger partial charge on any atom is 0.180 e. The number of rotatable bonds is 2. The fraction of sp³-hybridized carbons (Fsp3) is 0.207. The van der Waals surface area contributed by atoms with Gasteiger partial charge in [-0.3, -0.25) is 14.4 Å². The van der Waals surface area contributed by atoms with Gasteiger partial charge in [-0.25, -0.2) is 0 Å². The summed E-state index contributed by atoms with van der Waals surface area (Å²) in [4.78, 5) is 43.8. The number of Topliss-reactive ketones (excluding diaryl/α,β-unsaturated/α-hetero) is 3. The Morgan fingerprint density at radius 2 is 1.45 bits per heavy atom. The lowest BCUT2D eigenvalue weighted by molar-refractivity contribution is -0.118. The van der Waals surface area contributed by atoms with Crippen LogP contribution in [0.3, 0.4) is 0 Å². The van der Waals surface area contributed by atoms with E-state index in [-0.39, 0.29) is 17.3 Å². The molecule has 0 amide bonds. The van der Waals surface area contributed by atoms with Crippen molar-refractivity contribution in [3.8, 4) is 0 Å². The van der Waals surface area contributed by atoms with Crippen molar-refractivity contribution < 1.29 is 14.4 Å². The van der Waals surface area contributed by atoms with E-state index in [2.05, 4.69) is 0 Å². The summed E-state index contributed by atoms with van der Waals surface area (Å²) in [5, 5.41) is 0. The minimum atomic E-state index is -1.39. The zero-order chi connectivity index (χ0) is 22.9. The lowest BCUT2D eigenvalue weighted by Gasteiger charge is -2.37. The van der Waals surface area contributed by atoms with Gasteiger partial charge in [0.1, 0.15) is 5.41 Å². The number of hydrogen-bond donors (Lipinski definition) is 0. The molecule has 0 unspecified atom stereocenters. The fourth-order valence-electron chi connectivity index (χ4n) is 6.22. The highest BCUT2D eigenvalue weighted by Crippen LogP contribution is 2.60. The molecule has 2 heterocycles. The average molecular weight is 434 g/mol. The van der Waals surface area contributed by atoms with Crippen molar-refractivity contribution in [2.45, 2.75) is 31.8 Å². The molecule has 0 aromatic heterocycles. The molecular formula is C29H23NO3. The molecule has 3 aliphatic rings. The van der Waals surface area contributed by atoms with Crippen LogP contribution in [-0.2, 0) is 4.79 Å². The Bertz CT molecular complexity index is 1330. The molecule has 2 aliphatic heterocycles. The summed E-state index contributed by atoms with van der Waals surface area (Å²) in [6, 6.07) is 21.7. The van der Waals surface area contributed by atoms with Crippen LogP contribution in [0.2, 0.25) is 0 Å². The third-order valence-electron chi connectivity index (χ3n) is 7.57. The Morgan fingerprint density at radius 3 is 2.09 bits per heavy atom. The van der Waals surface area contributed by atoms with E-state index in [1.807, 2.05) is 72.5 Å². The van der Waals surface area contributed by atoms with Gasteiger partial charge in [0.25, 0.3) is 0 Å². The summed E-state index contributed by atoms with van der Waals surface area (Å²) in [7, 11) is 0. The molecule has 0 bridgehead atoms. The SMILES string of the molecule is CC(=O)[C@@H]1[C@H](c2ccc(C)cc2)C2(C(=O)c3ccccc3C2=O)[C@@H]2C=Cc3ccccc3N12. The average Bonchev–Trinajstić information content (AvgIpc) is 3.27. The molecule has 3 aromatic rings. The molecule has 0 N–H and O–H groups in total. The molecule has 1 aliphatic carbocycles. The molecule has 1 saturated heterocycles. The summed E-state index contributed by atoms with van der Waals surface area (Å²) in [6.45, 7) is 3.57. The standard InChI is InChI=1S/C29H23NO3/c1-17-11-13-20(14-12-17)25-26(18(2)31)30-23-10-6-3-7-19(23)15-16-24(30)29(25)27(32)21-8-4-5-9-22(21)28(29)33/h3-16,24-26H,1-2H3/t24-,25-,26+/m0/s1. The van der Waals surface area contributed by atoms with Crippen LogP contribution in [0, 0.1) is 12.3 Å². The highest BCUT2D eigenvalue weighted by molar-refractivity contribution is 6.32. The first kappa shape index (κ1) is 19.9. The monoisotopic (exact) mass is 433 g/mol. The van der Waals surface area contributed by atoms with Gasteiger partial charge in [0.15, 0.2) is 17.3 Å². The summed E-state index contributed by atoms with van der Waals surface area (Å²) in [5.41, 5.74) is 3.31. The molecule has 4 heteroatoms. The predicted molar refractivity (Wildman–Crippen MR) is 128 cm³/mol. The van der Waals surface area contributed by atoms with E-state index < -0.39 is 23.4 Å². The Labute approximate surface area is 192 Å². The zero-order valence-corrected chi connectivity index (χ0v) is 18.5. The smallest absolute Gasteiger partial charge is 0.180 e. The second-order valence-electron chi connectivity index (χ2n) is 9.29. The number of hydrogen-bond acceptors (Lipinski definition) is 4. The number of carbonyl (C=O) groups is 3. The number of benzene rings is 3. The van der Waals surface area contributed by atoms with Crippen molar-refractivity contribution in [3.05, 3.63) is 107 Å². The lowest BCUT2D eigenvalue weighted by atomic mass is 9.64. The minimum Gasteiger partial charge on any atom is -0.352 e. The van der Waals surface area contributed by atoms with Crippen molar-refractivity contribution in [2.75, 3.05) is 4.90 Å². The number of nitrogens with zero attached hydrogens (tertiary/aromatic N) is 1. The predicted octanol–water partition coefficient (Wildman–Crippen LogP) is 5.02. The van der Waals surface area contributed by atoms with Crippen LogP contribution in [0.25, 0.3) is 6.08 Å². The van der Waals surface area contributed by atoms with Crippen molar-refractivity contribution in [2.24, 2.45) is 5.41 Å². The van der Waals surface area contributed by atoms with Gasteiger partial charge in [0.2, 0.25) is 0 Å². The van der Waals surface area contributed by atoms with Crippen LogP contribution in [0.15, 0.2) is 78.9 Å². The first-order valence-corrected chi connectivity index (χ1v) is 11.3. The number of carbonyl (C=O) groups excluding carboxylic acids is 3. The first-order chi connectivity index (χ1) is 16.0. The minimum absolute atomic E-state index is 0.0518. The normalized spacial score (nSPS) is 24.1. The van der Waals surface area contributed by atoms with E-state index in [0.29, 0.717) is 11.1 Å². The van der Waals surface area contributed by atoms with E-state index in [1.165, 1.54) is 0 Å². The Balaban J connectivity index is 1.68. The molecule has 0 saturated carbocycles. The molecule has 4 nitrogen and oxygen atoms in total. The van der Waals surface area contributed by atoms with E-state index in [0.717, 1.165) is 22.4 Å². The van der Waals surface area contributed by atoms with Crippen LogP contribution in [-0.4, -0.2) is 29.4 Å². The van der Waals surface area contributed by atoms with E-state index >= 15 is 0 Å². The maximum atomic E-state index is 14.2. The third kappa shape index (κ3) is 2.44. The maximum absolute atomic E-state index is 14.2. The molecule has 162 valence electrons. The molecule has 3 atom stereocenters. The fourth-order valence-corrected chi connectivity index (χ4v) is 6.22. The zero-order valence-electron chi connectivity index (χ0n) is 18.5. The second kappa shape index (κ2) is 6.85. The molecule has 1 spiro atoms. The summed E-state index contributed by atoms with van der Waals surface area (Å²) in [5.74, 6) is -1.01. The number of ketones is 3. The van der Waals surface area contributed by atoms with Crippen molar-refractivity contribution in [3.63, 3.8) is 0 Å². The molecule has 3 aromatic carbocycles. The molecule has 33 heavy (non-hydrogen) atoms. The third-order valence-corrected chi connectivity index (χ3v) is 7.57. The summed E-state index contributed by atoms with van der Waals surface area (Å²) < 4.78 is 0. The van der Waals surface area contributed by atoms with E-state index in [1.54, 1.807) is 31.2 Å². The van der Waals surface area contributed by atoms with Gasteiger partial charge in [0, 0.05) is 22.7 Å². The van der Waals surface area contributed by atoms with Crippen molar-refractivity contribution in [1.82, 2.24) is 0 Å². The Morgan fingerprint density at radius 1 is 0.848 bits per heavy atom. The van der Waals surface area contributed by atoms with E-state index in [4.69, 9.17) is 0 Å². The molecular weight excluding hydrogens is 410 g/mol. The van der Waals surface area contributed by atoms with Crippen LogP contribution in [0.1, 0.15) is 50.2 Å². The number of aryl methyl sites for hydroxylation is 1. The number of anilines is 1. The highest BCUT2D eigenvalue weighted by Gasteiger charge is 2.71. The lowest BCUT2D eigenvalue weighted by Crippen LogP contribution is -2.48.